The maximum absolute atomic E-state index is 14.5. The second-order valence-corrected chi connectivity index (χ2v) is 15.8. The second-order valence-electron chi connectivity index (χ2n) is 15.8. The molecule has 314 valence electrons. The number of hydrogen-bond donors (Lipinski definition) is 4. The van der Waals surface area contributed by atoms with Crippen LogP contribution in [0.1, 0.15) is 90.8 Å². The molecule has 3 amide bonds. The number of nitrogens with zero attached hydrogens (tertiary/aromatic N) is 4. The van der Waals surface area contributed by atoms with Gasteiger partial charge in [-0.05, 0) is 58.6 Å². The Labute approximate surface area is 336 Å². The number of rotatable bonds is 18. The summed E-state index contributed by atoms with van der Waals surface area (Å²) >= 11 is 0. The zero-order valence-corrected chi connectivity index (χ0v) is 33.4. The maximum atomic E-state index is 14.5. The van der Waals surface area contributed by atoms with E-state index >= 15 is 0 Å². The minimum atomic E-state index is -1.44. The summed E-state index contributed by atoms with van der Waals surface area (Å²) in [6.07, 6.45) is 4.27. The van der Waals surface area contributed by atoms with Gasteiger partial charge in [-0.15, -0.1) is 0 Å². The van der Waals surface area contributed by atoms with E-state index in [-0.39, 0.29) is 30.1 Å². The Morgan fingerprint density at radius 2 is 1.57 bits per heavy atom. The van der Waals surface area contributed by atoms with E-state index in [1.54, 1.807) is 65.0 Å². The van der Waals surface area contributed by atoms with Crippen molar-refractivity contribution >= 4 is 35.3 Å². The van der Waals surface area contributed by atoms with E-state index in [0.29, 0.717) is 12.0 Å². The van der Waals surface area contributed by atoms with Gasteiger partial charge in [0.05, 0.1) is 46.9 Å². The van der Waals surface area contributed by atoms with Crippen LogP contribution in [0.25, 0.3) is 5.69 Å². The number of alkyl carbamates (subject to hydrolysis) is 1. The zero-order chi connectivity index (χ0) is 42.6. The Bertz CT molecular complexity index is 1910. The number of esters is 1. The second kappa shape index (κ2) is 20.5. The average Bonchev–Trinajstić information content (AvgIpc) is 3.61. The third kappa shape index (κ3) is 13.6. The fraction of sp³-hybridized carbons (Fsp3) is 0.525. The first-order valence-corrected chi connectivity index (χ1v) is 19.4. The summed E-state index contributed by atoms with van der Waals surface area (Å²) in [5, 5.41) is 43.1. The van der Waals surface area contributed by atoms with Crippen molar-refractivity contribution < 1.29 is 43.6 Å². The Morgan fingerprint density at radius 3 is 2.19 bits per heavy atom. The molecule has 58 heavy (non-hydrogen) atoms. The molecule has 0 radical (unpaired) electrons. The highest BCUT2D eigenvalue weighted by atomic mass is 16.6. The molecule has 0 bridgehead atoms. The van der Waals surface area contributed by atoms with E-state index in [2.05, 4.69) is 20.9 Å². The number of hydrogen-bond acceptors (Lipinski definition) is 12. The van der Waals surface area contributed by atoms with E-state index in [0.717, 1.165) is 44.2 Å². The molecule has 1 saturated carbocycles. The number of aromatic nitrogens is 2. The molecule has 0 unspecified atom stereocenters. The number of carbonyl (C=O) groups is 4. The van der Waals surface area contributed by atoms with Gasteiger partial charge < -0.3 is 30.5 Å². The largest absolute Gasteiger partial charge is 0.463 e. The number of imidazole rings is 1. The van der Waals surface area contributed by atoms with Gasteiger partial charge in [-0.25, -0.2) is 9.78 Å². The lowest BCUT2D eigenvalue weighted by atomic mass is 9.83. The normalized spacial score (nSPS) is 15.4. The van der Waals surface area contributed by atoms with Gasteiger partial charge in [0, 0.05) is 30.8 Å². The van der Waals surface area contributed by atoms with Gasteiger partial charge in [-0.3, -0.25) is 39.2 Å². The predicted molar refractivity (Wildman–Crippen MR) is 211 cm³/mol. The molecule has 2 aromatic carbocycles. The smallest absolute Gasteiger partial charge is 0.408 e. The molecule has 18 heteroatoms. The van der Waals surface area contributed by atoms with E-state index < -0.39 is 87.5 Å². The zero-order valence-electron chi connectivity index (χ0n) is 33.4. The quantitative estimate of drug-likeness (QED) is 0.0753. The molecule has 4 rings (SSSR count). The number of carbonyl (C=O) groups excluding carboxylic acids is 4. The molecule has 4 N–H and O–H groups in total. The van der Waals surface area contributed by atoms with Crippen LogP contribution < -0.4 is 16.0 Å². The number of aliphatic hydroxyl groups is 1. The summed E-state index contributed by atoms with van der Waals surface area (Å²) < 4.78 is 12.0. The first kappa shape index (κ1) is 44.8. The van der Waals surface area contributed by atoms with Crippen LogP contribution in [-0.2, 0) is 36.7 Å². The number of nitrogens with one attached hydrogen (secondary N) is 3. The third-order valence-electron chi connectivity index (χ3n) is 9.52. The van der Waals surface area contributed by atoms with Crippen LogP contribution in [-0.4, -0.2) is 84.3 Å². The molecular weight excluding hydrogens is 754 g/mol. The van der Waals surface area contributed by atoms with E-state index in [4.69, 9.17) is 9.47 Å². The van der Waals surface area contributed by atoms with Gasteiger partial charge in [0.15, 0.2) is 0 Å². The summed E-state index contributed by atoms with van der Waals surface area (Å²) in [5.74, 6) is -2.04. The molecule has 3 aromatic rings. The number of aliphatic hydroxyl groups excluding tert-OH is 1. The lowest BCUT2D eigenvalue weighted by Crippen LogP contribution is -2.58. The lowest BCUT2D eigenvalue weighted by Gasteiger charge is -2.31. The first-order valence-electron chi connectivity index (χ1n) is 19.4. The Morgan fingerprint density at radius 1 is 0.914 bits per heavy atom. The predicted octanol–water partition coefficient (Wildman–Crippen LogP) is 5.01. The maximum Gasteiger partial charge on any atom is 0.408 e. The SMILES string of the molecule is CC(C)OC(=O)C[C@H](O)[C@H](CC1CCCCC1)NC(=O)[C@H](Cc1cncn1-c1ccc([N+](=O)[O-])cc1[N+](=O)[O-])NC(=O)[C@H](Cc1ccccc1)NC(=O)OC(C)(C)C. The van der Waals surface area contributed by atoms with Crippen LogP contribution in [0.4, 0.5) is 16.2 Å². The number of nitro groups is 2. The first-order chi connectivity index (χ1) is 27.4. The molecule has 1 heterocycles. The highest BCUT2D eigenvalue weighted by Gasteiger charge is 2.34. The standard InChI is InChI=1S/C40H53N7O11/c1-25(2)57-36(49)22-35(48)30(18-26-12-8-6-9-13-26)42-38(51)32(20-29-23-41-24-45(29)33-17-16-28(46(53)54)21-34(33)47(55)56)43-37(50)31(19-27-14-10-7-11-15-27)44-39(52)58-40(3,4)5/h7,10-11,14-17,21,23-26,30-32,35,48H,6,8-9,12-13,18-20,22H2,1-5H3,(H,42,51)(H,43,50)(H,44,52)/t30-,31-,32-,35-/m0/s1. The number of amides is 3. The van der Waals surface area contributed by atoms with Gasteiger partial charge in [0.25, 0.3) is 11.4 Å². The Balaban J connectivity index is 1.73. The molecule has 4 atom stereocenters. The third-order valence-corrected chi connectivity index (χ3v) is 9.52. The lowest BCUT2D eigenvalue weighted by molar-refractivity contribution is -0.394. The summed E-state index contributed by atoms with van der Waals surface area (Å²) in [6.45, 7) is 8.35. The topological polar surface area (TPSA) is 247 Å². The van der Waals surface area contributed by atoms with Crippen LogP contribution in [0, 0.1) is 26.1 Å². The number of ether oxygens (including phenoxy) is 2. The molecule has 0 spiro atoms. The van der Waals surface area contributed by atoms with Crippen molar-refractivity contribution in [2.75, 3.05) is 0 Å². The van der Waals surface area contributed by atoms with Crippen molar-refractivity contribution in [3.05, 3.63) is 92.5 Å². The van der Waals surface area contributed by atoms with Gasteiger partial charge in [0.2, 0.25) is 11.8 Å². The number of benzene rings is 2. The molecular formula is C40H53N7O11. The summed E-state index contributed by atoms with van der Waals surface area (Å²) in [4.78, 5) is 80.5. The van der Waals surface area contributed by atoms with Gasteiger partial charge in [-0.1, -0.05) is 62.4 Å². The van der Waals surface area contributed by atoms with Gasteiger partial charge in [0.1, 0.15) is 23.4 Å². The van der Waals surface area contributed by atoms with E-state index in [1.165, 1.54) is 23.2 Å². The van der Waals surface area contributed by atoms with Crippen molar-refractivity contribution in [2.45, 2.75) is 128 Å². The molecule has 1 fully saturated rings. The fourth-order valence-electron chi connectivity index (χ4n) is 6.87. The number of non-ortho nitro benzene ring substituents is 1. The fourth-order valence-corrected chi connectivity index (χ4v) is 6.87. The minimum absolute atomic E-state index is 0.00809. The molecule has 1 aliphatic rings. The van der Waals surface area contributed by atoms with Crippen molar-refractivity contribution in [1.82, 2.24) is 25.5 Å². The van der Waals surface area contributed by atoms with Crippen LogP contribution in [0.5, 0.6) is 0 Å². The highest BCUT2D eigenvalue weighted by molar-refractivity contribution is 5.92. The summed E-state index contributed by atoms with van der Waals surface area (Å²) in [6, 6.07) is 8.31. The van der Waals surface area contributed by atoms with Crippen LogP contribution in [0.3, 0.4) is 0 Å². The Hall–Kier alpha value is -5.91. The van der Waals surface area contributed by atoms with Crippen molar-refractivity contribution in [1.29, 1.82) is 0 Å². The van der Waals surface area contributed by atoms with E-state index in [9.17, 15) is 44.5 Å². The van der Waals surface area contributed by atoms with E-state index in [1.807, 2.05) is 0 Å². The molecule has 1 aromatic heterocycles. The molecule has 18 nitrogen and oxygen atoms in total. The van der Waals surface area contributed by atoms with Crippen LogP contribution >= 0.6 is 0 Å². The monoisotopic (exact) mass is 807 g/mol. The Kier molecular flexibility index (Phi) is 15.8. The molecule has 0 saturated heterocycles. The minimum Gasteiger partial charge on any atom is -0.463 e. The molecule has 1 aliphatic carbocycles. The van der Waals surface area contributed by atoms with Crippen molar-refractivity contribution in [3.63, 3.8) is 0 Å². The van der Waals surface area contributed by atoms with Gasteiger partial charge >= 0.3 is 12.1 Å². The summed E-state index contributed by atoms with van der Waals surface area (Å²) in [5.41, 5.74) is -1.21. The average molecular weight is 808 g/mol. The molecule has 0 aliphatic heterocycles. The van der Waals surface area contributed by atoms with Gasteiger partial charge in [-0.2, -0.15) is 0 Å². The van der Waals surface area contributed by atoms with Crippen molar-refractivity contribution in [2.24, 2.45) is 5.92 Å². The summed E-state index contributed by atoms with van der Waals surface area (Å²) in [7, 11) is 0. The number of nitro benzene ring substituents is 2. The van der Waals surface area contributed by atoms with Crippen LogP contribution in [0.2, 0.25) is 0 Å². The highest BCUT2D eigenvalue weighted by Crippen LogP contribution is 2.30. The van der Waals surface area contributed by atoms with Crippen LogP contribution in [0.15, 0.2) is 61.1 Å². The van der Waals surface area contributed by atoms with Crippen molar-refractivity contribution in [3.8, 4) is 5.69 Å².